The molecule has 0 atom stereocenters. The Kier molecular flexibility index (Phi) is 4.02. The van der Waals surface area contributed by atoms with Gasteiger partial charge in [-0.05, 0) is 30.3 Å². The van der Waals surface area contributed by atoms with Gasteiger partial charge >= 0.3 is 0 Å². The van der Waals surface area contributed by atoms with Crippen molar-refractivity contribution in [3.63, 3.8) is 0 Å². The van der Waals surface area contributed by atoms with Gasteiger partial charge in [0.05, 0.1) is 12.8 Å². The number of nitrogens with zero attached hydrogens (tertiary/aromatic N) is 3. The molecule has 3 rings (SSSR count). The number of nitrogens with two attached hydrogens (primary N) is 3. The van der Waals surface area contributed by atoms with E-state index in [1.54, 1.807) is 25.3 Å². The van der Waals surface area contributed by atoms with Crippen molar-refractivity contribution in [1.29, 1.82) is 0 Å². The van der Waals surface area contributed by atoms with Crippen LogP contribution in [0.3, 0.4) is 0 Å². The van der Waals surface area contributed by atoms with E-state index in [2.05, 4.69) is 15.0 Å². The Hall–Kier alpha value is -3.55. The van der Waals surface area contributed by atoms with Crippen LogP contribution in [0.1, 0.15) is 0 Å². The monoisotopic (exact) mass is 324 g/mol. The van der Waals surface area contributed by atoms with Crippen LogP contribution in [-0.4, -0.2) is 24.0 Å². The largest absolute Gasteiger partial charge is 0.497 e. The van der Waals surface area contributed by atoms with Crippen LogP contribution in [0.25, 0.3) is 22.6 Å². The predicted molar refractivity (Wildman–Crippen MR) is 93.1 cm³/mol. The Bertz CT molecular complexity index is 941. The molecule has 0 aliphatic rings. The van der Waals surface area contributed by atoms with Crippen LogP contribution in [0.2, 0.25) is 0 Å². The second-order valence-corrected chi connectivity index (χ2v) is 4.91. The van der Waals surface area contributed by atoms with Gasteiger partial charge in [0.15, 0.2) is 11.5 Å². The molecular weight excluding hydrogens is 308 g/mol. The fourth-order valence-corrected chi connectivity index (χ4v) is 2.15. The van der Waals surface area contributed by atoms with Crippen LogP contribution in [0.4, 0.5) is 5.69 Å². The molecule has 8 nitrogen and oxygen atoms in total. The third-order valence-electron chi connectivity index (χ3n) is 3.18. The van der Waals surface area contributed by atoms with E-state index >= 15 is 0 Å². The van der Waals surface area contributed by atoms with Crippen LogP contribution < -0.4 is 21.9 Å². The molecule has 8 heteroatoms. The summed E-state index contributed by atoms with van der Waals surface area (Å²) in [5.74, 6) is 1.02. The molecule has 0 aliphatic heterocycles. The predicted octanol–water partition coefficient (Wildman–Crippen LogP) is 1.72. The summed E-state index contributed by atoms with van der Waals surface area (Å²) in [5.41, 5.74) is 18.8. The quantitative estimate of drug-likeness (QED) is 0.495. The minimum atomic E-state index is -0.155. The number of ether oxygens (including phenoxy) is 1. The number of benzene rings is 2. The molecule has 0 amide bonds. The summed E-state index contributed by atoms with van der Waals surface area (Å²) in [6.07, 6.45) is 0. The molecule has 0 fully saturated rings. The Balaban J connectivity index is 1.98. The Morgan fingerprint density at radius 2 is 1.96 bits per heavy atom. The number of fused-ring (bicyclic) bond motifs is 1. The second-order valence-electron chi connectivity index (χ2n) is 4.91. The maximum absolute atomic E-state index is 5.79. The highest BCUT2D eigenvalue weighted by Gasteiger charge is 2.09. The summed E-state index contributed by atoms with van der Waals surface area (Å²) in [6.45, 7) is 0. The first kappa shape index (κ1) is 15.3. The molecule has 0 saturated carbocycles. The van der Waals surface area contributed by atoms with Crippen LogP contribution in [-0.2, 0) is 0 Å². The molecule has 0 bridgehead atoms. The highest BCUT2D eigenvalue weighted by molar-refractivity contribution is 5.94. The molecule has 1 heterocycles. The number of methoxy groups -OCH3 is 1. The number of guanidine groups is 2. The molecule has 3 aromatic rings. The van der Waals surface area contributed by atoms with Gasteiger partial charge in [0, 0.05) is 11.6 Å². The molecule has 6 N–H and O–H groups in total. The number of oxazole rings is 1. The van der Waals surface area contributed by atoms with Crippen LogP contribution in [0.5, 0.6) is 5.75 Å². The van der Waals surface area contributed by atoms with Gasteiger partial charge in [-0.3, -0.25) is 0 Å². The molecule has 1 aromatic heterocycles. The van der Waals surface area contributed by atoms with E-state index in [1.165, 1.54) is 0 Å². The van der Waals surface area contributed by atoms with Gasteiger partial charge in [-0.25, -0.2) is 9.98 Å². The lowest BCUT2D eigenvalue weighted by atomic mass is 10.2. The Morgan fingerprint density at radius 3 is 2.71 bits per heavy atom. The Morgan fingerprint density at radius 1 is 1.12 bits per heavy atom. The summed E-state index contributed by atoms with van der Waals surface area (Å²) in [5, 5.41) is 0. The van der Waals surface area contributed by atoms with Gasteiger partial charge in [-0.15, -0.1) is 0 Å². The third kappa shape index (κ3) is 3.27. The van der Waals surface area contributed by atoms with Gasteiger partial charge < -0.3 is 26.4 Å². The van der Waals surface area contributed by atoms with Gasteiger partial charge in [0.1, 0.15) is 11.3 Å². The van der Waals surface area contributed by atoms with E-state index in [9.17, 15) is 0 Å². The lowest BCUT2D eigenvalue weighted by Gasteiger charge is -2.00. The summed E-state index contributed by atoms with van der Waals surface area (Å²) in [6, 6.07) is 12.7. The molecule has 0 aliphatic carbocycles. The molecule has 0 unspecified atom stereocenters. The number of hydrogen-bond donors (Lipinski definition) is 3. The summed E-state index contributed by atoms with van der Waals surface area (Å²) < 4.78 is 11.0. The molecule has 122 valence electrons. The number of hydrogen-bond acceptors (Lipinski definition) is 4. The van der Waals surface area contributed by atoms with Crippen molar-refractivity contribution in [3.05, 3.63) is 42.5 Å². The first-order valence-electron chi connectivity index (χ1n) is 7.04. The van der Waals surface area contributed by atoms with Crippen molar-refractivity contribution >= 4 is 28.7 Å². The number of aliphatic imine (C=N–C) groups is 2. The molecular formula is C16H16N6O2. The topological polar surface area (TPSA) is 138 Å². The Labute approximate surface area is 137 Å². The minimum Gasteiger partial charge on any atom is -0.497 e. The lowest BCUT2D eigenvalue weighted by molar-refractivity contribution is 0.415. The zero-order chi connectivity index (χ0) is 17.1. The van der Waals surface area contributed by atoms with E-state index in [0.717, 1.165) is 11.3 Å². The average molecular weight is 324 g/mol. The molecule has 0 spiro atoms. The number of aromatic nitrogens is 1. The molecule has 0 saturated heterocycles. The smallest absolute Gasteiger partial charge is 0.227 e. The van der Waals surface area contributed by atoms with Crippen molar-refractivity contribution in [1.82, 2.24) is 4.98 Å². The van der Waals surface area contributed by atoms with Gasteiger partial charge in [0.2, 0.25) is 11.9 Å². The van der Waals surface area contributed by atoms with E-state index in [-0.39, 0.29) is 11.9 Å². The highest BCUT2D eigenvalue weighted by atomic mass is 16.5. The number of rotatable bonds is 3. The standard InChI is InChI=1S/C16H16N6O2/c1-23-11-4-2-3-9(7-11)14-21-12-6-5-10(8-13(12)24-14)20-16(19)22-15(17)18/h2-8H,1H3,(H6,17,18,19,20,22). The van der Waals surface area contributed by atoms with Crippen LogP contribution in [0.15, 0.2) is 56.9 Å². The van der Waals surface area contributed by atoms with Gasteiger partial charge in [-0.1, -0.05) is 6.07 Å². The maximum Gasteiger partial charge on any atom is 0.227 e. The molecule has 0 radical (unpaired) electrons. The third-order valence-corrected chi connectivity index (χ3v) is 3.18. The van der Waals surface area contributed by atoms with Crippen LogP contribution in [0, 0.1) is 0 Å². The van der Waals surface area contributed by atoms with E-state index in [4.69, 9.17) is 26.4 Å². The minimum absolute atomic E-state index is 0.0399. The zero-order valence-corrected chi connectivity index (χ0v) is 12.9. The van der Waals surface area contributed by atoms with E-state index in [1.807, 2.05) is 24.3 Å². The van der Waals surface area contributed by atoms with Crippen molar-refractivity contribution in [2.24, 2.45) is 27.2 Å². The second kappa shape index (κ2) is 6.29. The van der Waals surface area contributed by atoms with Gasteiger partial charge in [-0.2, -0.15) is 4.99 Å². The average Bonchev–Trinajstić information content (AvgIpc) is 2.97. The highest BCUT2D eigenvalue weighted by Crippen LogP contribution is 2.28. The van der Waals surface area contributed by atoms with Crippen molar-refractivity contribution in [2.75, 3.05) is 7.11 Å². The molecule has 2 aromatic carbocycles. The van der Waals surface area contributed by atoms with Crippen molar-refractivity contribution < 1.29 is 9.15 Å². The normalized spacial score (nSPS) is 11.5. The fraction of sp³-hybridized carbons (Fsp3) is 0.0625. The van der Waals surface area contributed by atoms with Crippen molar-refractivity contribution in [3.8, 4) is 17.2 Å². The molecule has 24 heavy (non-hydrogen) atoms. The van der Waals surface area contributed by atoms with E-state index in [0.29, 0.717) is 22.7 Å². The van der Waals surface area contributed by atoms with Crippen molar-refractivity contribution in [2.45, 2.75) is 0 Å². The first-order valence-corrected chi connectivity index (χ1v) is 7.04. The van der Waals surface area contributed by atoms with E-state index < -0.39 is 0 Å². The first-order chi connectivity index (χ1) is 11.5. The van der Waals surface area contributed by atoms with Gasteiger partial charge in [0.25, 0.3) is 0 Å². The lowest BCUT2D eigenvalue weighted by Crippen LogP contribution is -2.26. The summed E-state index contributed by atoms with van der Waals surface area (Å²) >= 11 is 0. The summed E-state index contributed by atoms with van der Waals surface area (Å²) in [7, 11) is 1.61. The summed E-state index contributed by atoms with van der Waals surface area (Å²) in [4.78, 5) is 12.2. The SMILES string of the molecule is COc1cccc(-c2nc3ccc(N=C(N)N=C(N)N)cc3o2)c1. The zero-order valence-electron chi connectivity index (χ0n) is 12.9. The fourth-order valence-electron chi connectivity index (χ4n) is 2.15. The van der Waals surface area contributed by atoms with Crippen LogP contribution >= 0.6 is 0 Å². The maximum atomic E-state index is 5.79.